The predicted molar refractivity (Wildman–Crippen MR) is 72.5 cm³/mol. The number of hydrogen-bond donors (Lipinski definition) is 1. The van der Waals surface area contributed by atoms with Gasteiger partial charge in [-0.05, 0) is 38.3 Å². The van der Waals surface area contributed by atoms with Crippen molar-refractivity contribution in [1.82, 2.24) is 9.55 Å². The lowest BCUT2D eigenvalue weighted by Crippen LogP contribution is -2.37. The van der Waals surface area contributed by atoms with Gasteiger partial charge in [0.15, 0.2) is 0 Å². The molecule has 102 valence electrons. The van der Waals surface area contributed by atoms with Crippen LogP contribution in [0.5, 0.6) is 0 Å². The van der Waals surface area contributed by atoms with Crippen molar-refractivity contribution in [1.29, 1.82) is 0 Å². The first-order valence-corrected chi connectivity index (χ1v) is 6.53. The molecule has 0 radical (unpaired) electrons. The Labute approximate surface area is 111 Å². The molecule has 1 aromatic heterocycles. The number of halogens is 1. The molecule has 0 amide bonds. The largest absolute Gasteiger partial charge is 0.381 e. The van der Waals surface area contributed by atoms with Crippen molar-refractivity contribution < 1.29 is 9.13 Å². The predicted octanol–water partition coefficient (Wildman–Crippen LogP) is 2.59. The van der Waals surface area contributed by atoms with E-state index in [1.54, 1.807) is 6.92 Å². The van der Waals surface area contributed by atoms with Gasteiger partial charge in [-0.25, -0.2) is 9.37 Å². The molecule has 1 aliphatic heterocycles. The fraction of sp³-hybridized carbons (Fsp3) is 0.500. The van der Waals surface area contributed by atoms with Crippen molar-refractivity contribution in [2.45, 2.75) is 32.2 Å². The van der Waals surface area contributed by atoms with Crippen LogP contribution in [0.15, 0.2) is 12.1 Å². The Balaban J connectivity index is 2.22. The number of benzene rings is 1. The van der Waals surface area contributed by atoms with Crippen molar-refractivity contribution in [3.05, 3.63) is 23.5 Å². The van der Waals surface area contributed by atoms with E-state index in [0.717, 1.165) is 31.6 Å². The van der Waals surface area contributed by atoms with Gasteiger partial charge in [-0.1, -0.05) is 0 Å². The molecule has 0 unspecified atom stereocenters. The summed E-state index contributed by atoms with van der Waals surface area (Å²) in [6.45, 7) is 5.35. The number of ether oxygens (including phenoxy) is 1. The average Bonchev–Trinajstić information content (AvgIpc) is 2.67. The lowest BCUT2D eigenvalue weighted by atomic mass is 9.92. The number of nitrogen functional groups attached to an aromatic ring is 1. The SMILES string of the molecule is Cc1cc2c(cc1F)nc(N)n2C1(C)CCOCC1. The number of nitrogens with zero attached hydrogens (tertiary/aromatic N) is 2. The van der Waals surface area contributed by atoms with Crippen molar-refractivity contribution in [2.75, 3.05) is 18.9 Å². The molecule has 0 aliphatic carbocycles. The quantitative estimate of drug-likeness (QED) is 0.860. The van der Waals surface area contributed by atoms with Crippen LogP contribution >= 0.6 is 0 Å². The Kier molecular flexibility index (Phi) is 2.74. The first kappa shape index (κ1) is 12.4. The van der Waals surface area contributed by atoms with Crippen LogP contribution in [0.4, 0.5) is 10.3 Å². The Morgan fingerprint density at radius 2 is 2.05 bits per heavy atom. The Bertz CT molecular complexity index is 629. The number of aromatic nitrogens is 2. The highest BCUT2D eigenvalue weighted by Gasteiger charge is 2.32. The second kappa shape index (κ2) is 4.20. The summed E-state index contributed by atoms with van der Waals surface area (Å²) < 4.78 is 21.1. The maximum atomic E-state index is 13.6. The van der Waals surface area contributed by atoms with E-state index >= 15 is 0 Å². The molecular weight excluding hydrogens is 245 g/mol. The molecule has 1 aromatic carbocycles. The van der Waals surface area contributed by atoms with Gasteiger partial charge in [0.05, 0.1) is 11.0 Å². The van der Waals surface area contributed by atoms with Gasteiger partial charge in [0.25, 0.3) is 0 Å². The summed E-state index contributed by atoms with van der Waals surface area (Å²) in [6.07, 6.45) is 1.78. The third kappa shape index (κ3) is 1.89. The van der Waals surface area contributed by atoms with Gasteiger partial charge >= 0.3 is 0 Å². The maximum Gasteiger partial charge on any atom is 0.201 e. The molecule has 2 N–H and O–H groups in total. The molecule has 0 saturated carbocycles. The van der Waals surface area contributed by atoms with Gasteiger partial charge in [-0.3, -0.25) is 0 Å². The molecule has 3 rings (SSSR count). The molecule has 1 saturated heterocycles. The van der Waals surface area contributed by atoms with Crippen LogP contribution in [-0.4, -0.2) is 22.8 Å². The van der Waals surface area contributed by atoms with Gasteiger partial charge in [-0.2, -0.15) is 0 Å². The molecule has 5 heteroatoms. The molecule has 2 heterocycles. The monoisotopic (exact) mass is 263 g/mol. The molecular formula is C14H18FN3O. The third-order valence-corrected chi connectivity index (χ3v) is 4.07. The highest BCUT2D eigenvalue weighted by molar-refractivity contribution is 5.79. The standard InChI is InChI=1S/C14H18FN3O/c1-9-7-12-11(8-10(9)15)17-13(16)18(12)14(2)3-5-19-6-4-14/h7-8H,3-6H2,1-2H3,(H2,16,17). The summed E-state index contributed by atoms with van der Waals surface area (Å²) in [5, 5.41) is 0. The van der Waals surface area contributed by atoms with Crippen molar-refractivity contribution in [2.24, 2.45) is 0 Å². The number of aryl methyl sites for hydroxylation is 1. The molecule has 0 spiro atoms. The number of hydrogen-bond acceptors (Lipinski definition) is 3. The van der Waals surface area contributed by atoms with E-state index in [9.17, 15) is 4.39 Å². The summed E-state index contributed by atoms with van der Waals surface area (Å²) in [5.41, 5.74) is 8.09. The summed E-state index contributed by atoms with van der Waals surface area (Å²) >= 11 is 0. The van der Waals surface area contributed by atoms with Crippen LogP contribution in [0.2, 0.25) is 0 Å². The number of nitrogens with two attached hydrogens (primary N) is 1. The minimum Gasteiger partial charge on any atom is -0.381 e. The normalized spacial score (nSPS) is 18.9. The van der Waals surface area contributed by atoms with Crippen LogP contribution < -0.4 is 5.73 Å². The van der Waals surface area contributed by atoms with Crippen LogP contribution in [0, 0.1) is 12.7 Å². The fourth-order valence-corrected chi connectivity index (χ4v) is 2.82. The van der Waals surface area contributed by atoms with E-state index in [2.05, 4.69) is 11.9 Å². The number of anilines is 1. The van der Waals surface area contributed by atoms with Crippen LogP contribution in [0.3, 0.4) is 0 Å². The summed E-state index contributed by atoms with van der Waals surface area (Å²) in [6, 6.07) is 3.29. The van der Waals surface area contributed by atoms with E-state index in [1.807, 2.05) is 10.6 Å². The van der Waals surface area contributed by atoms with E-state index < -0.39 is 0 Å². The number of rotatable bonds is 1. The lowest BCUT2D eigenvalue weighted by molar-refractivity contribution is 0.0320. The van der Waals surface area contributed by atoms with E-state index in [4.69, 9.17) is 10.5 Å². The number of imidazole rings is 1. The van der Waals surface area contributed by atoms with E-state index in [0.29, 0.717) is 17.0 Å². The fourth-order valence-electron chi connectivity index (χ4n) is 2.82. The molecule has 1 fully saturated rings. The molecule has 1 aliphatic rings. The minimum atomic E-state index is -0.241. The van der Waals surface area contributed by atoms with Crippen molar-refractivity contribution in [3.8, 4) is 0 Å². The van der Waals surface area contributed by atoms with E-state index in [1.165, 1.54) is 6.07 Å². The van der Waals surface area contributed by atoms with Gasteiger partial charge < -0.3 is 15.0 Å². The summed E-state index contributed by atoms with van der Waals surface area (Å²) in [5.74, 6) is 0.207. The Morgan fingerprint density at radius 1 is 1.37 bits per heavy atom. The van der Waals surface area contributed by atoms with Gasteiger partial charge in [0, 0.05) is 24.8 Å². The smallest absolute Gasteiger partial charge is 0.201 e. The van der Waals surface area contributed by atoms with Crippen LogP contribution in [0.1, 0.15) is 25.3 Å². The third-order valence-electron chi connectivity index (χ3n) is 4.07. The number of fused-ring (bicyclic) bond motifs is 1. The topological polar surface area (TPSA) is 53.1 Å². The van der Waals surface area contributed by atoms with Crippen LogP contribution in [0.25, 0.3) is 11.0 Å². The van der Waals surface area contributed by atoms with Crippen molar-refractivity contribution >= 4 is 17.0 Å². The molecule has 0 bridgehead atoms. The summed E-state index contributed by atoms with van der Waals surface area (Å²) in [7, 11) is 0. The first-order valence-electron chi connectivity index (χ1n) is 6.53. The zero-order valence-electron chi connectivity index (χ0n) is 11.2. The maximum absolute atomic E-state index is 13.6. The van der Waals surface area contributed by atoms with Gasteiger partial charge in [-0.15, -0.1) is 0 Å². The average molecular weight is 263 g/mol. The highest BCUT2D eigenvalue weighted by Crippen LogP contribution is 2.35. The van der Waals surface area contributed by atoms with Gasteiger partial charge in [0.1, 0.15) is 5.82 Å². The van der Waals surface area contributed by atoms with Crippen molar-refractivity contribution in [3.63, 3.8) is 0 Å². The molecule has 4 nitrogen and oxygen atoms in total. The molecule has 0 atom stereocenters. The molecule has 2 aromatic rings. The lowest BCUT2D eigenvalue weighted by Gasteiger charge is -2.36. The minimum absolute atomic E-state index is 0.110. The second-order valence-electron chi connectivity index (χ2n) is 5.50. The zero-order valence-corrected chi connectivity index (χ0v) is 11.2. The van der Waals surface area contributed by atoms with E-state index in [-0.39, 0.29) is 11.4 Å². The summed E-state index contributed by atoms with van der Waals surface area (Å²) in [4.78, 5) is 4.30. The Hall–Kier alpha value is -1.62. The second-order valence-corrected chi connectivity index (χ2v) is 5.50. The van der Waals surface area contributed by atoms with Crippen LogP contribution in [-0.2, 0) is 10.3 Å². The molecule has 19 heavy (non-hydrogen) atoms. The van der Waals surface area contributed by atoms with Gasteiger partial charge in [0.2, 0.25) is 5.95 Å². The zero-order chi connectivity index (χ0) is 13.6. The first-order chi connectivity index (χ1) is 9.01. The Morgan fingerprint density at radius 3 is 2.74 bits per heavy atom. The highest BCUT2D eigenvalue weighted by atomic mass is 19.1.